The van der Waals surface area contributed by atoms with Gasteiger partial charge in [0.15, 0.2) is 0 Å². The summed E-state index contributed by atoms with van der Waals surface area (Å²) in [4.78, 5) is 24.1. The quantitative estimate of drug-likeness (QED) is 0.577. The number of carbonyl (C=O) groups is 2. The monoisotopic (exact) mass is 383 g/mol. The molecule has 0 atom stereocenters. The lowest BCUT2D eigenvalue weighted by Crippen LogP contribution is -2.23. The second-order valence-corrected chi connectivity index (χ2v) is 6.18. The molecule has 1 heterocycles. The molecule has 3 N–H and O–H groups in total. The van der Waals surface area contributed by atoms with Crippen LogP contribution in [0.2, 0.25) is 5.02 Å². The molecule has 0 spiro atoms. The molecule has 0 saturated heterocycles. The van der Waals surface area contributed by atoms with Crippen LogP contribution in [-0.2, 0) is 11.3 Å². The molecule has 0 unspecified atom stereocenters. The average Bonchev–Trinajstić information content (AvgIpc) is 3.20. The number of anilines is 2. The molecule has 6 nitrogen and oxygen atoms in total. The minimum absolute atomic E-state index is 0.104. The molecule has 0 aliphatic rings. The molecule has 0 bridgehead atoms. The van der Waals surface area contributed by atoms with E-state index in [1.54, 1.807) is 66.9 Å². The van der Waals surface area contributed by atoms with E-state index in [4.69, 9.17) is 16.0 Å². The third-order valence-electron chi connectivity index (χ3n) is 3.73. The summed E-state index contributed by atoms with van der Waals surface area (Å²) in [5.41, 5.74) is 1.94. The molecule has 0 saturated carbocycles. The van der Waals surface area contributed by atoms with Crippen molar-refractivity contribution in [2.45, 2.75) is 6.54 Å². The molecular formula is C20H18ClN3O3. The third-order valence-corrected chi connectivity index (χ3v) is 3.98. The minimum Gasteiger partial charge on any atom is -0.467 e. The van der Waals surface area contributed by atoms with Crippen molar-refractivity contribution in [1.82, 2.24) is 5.32 Å². The van der Waals surface area contributed by atoms with Crippen LogP contribution in [0.15, 0.2) is 71.3 Å². The Morgan fingerprint density at radius 1 is 0.926 bits per heavy atom. The van der Waals surface area contributed by atoms with Crippen molar-refractivity contribution in [3.8, 4) is 0 Å². The lowest BCUT2D eigenvalue weighted by Gasteiger charge is -2.09. The van der Waals surface area contributed by atoms with Gasteiger partial charge in [-0.25, -0.2) is 0 Å². The Balaban J connectivity index is 1.46. The number of nitrogens with one attached hydrogen (secondary N) is 3. The molecule has 3 aromatic rings. The average molecular weight is 384 g/mol. The summed E-state index contributed by atoms with van der Waals surface area (Å²) in [5.74, 6) is 0.310. The SMILES string of the molecule is O=C(CNc1ccc(C(=O)NCc2ccco2)cc1)Nc1ccc(Cl)cc1. The van der Waals surface area contributed by atoms with Gasteiger partial charge in [0.05, 0.1) is 19.4 Å². The van der Waals surface area contributed by atoms with Gasteiger partial charge < -0.3 is 20.4 Å². The second kappa shape index (κ2) is 8.91. The molecule has 0 fully saturated rings. The van der Waals surface area contributed by atoms with Gasteiger partial charge in [-0.1, -0.05) is 11.6 Å². The first kappa shape index (κ1) is 18.5. The summed E-state index contributed by atoms with van der Waals surface area (Å²) in [6.07, 6.45) is 1.56. The first-order valence-electron chi connectivity index (χ1n) is 8.30. The van der Waals surface area contributed by atoms with Crippen LogP contribution in [0.25, 0.3) is 0 Å². The van der Waals surface area contributed by atoms with E-state index >= 15 is 0 Å². The molecule has 1 aromatic heterocycles. The summed E-state index contributed by atoms with van der Waals surface area (Å²) in [7, 11) is 0. The first-order valence-corrected chi connectivity index (χ1v) is 8.68. The molecule has 2 amide bonds. The highest BCUT2D eigenvalue weighted by Crippen LogP contribution is 2.14. The van der Waals surface area contributed by atoms with E-state index in [1.807, 2.05) is 0 Å². The van der Waals surface area contributed by atoms with Gasteiger partial charge in [-0.2, -0.15) is 0 Å². The molecule has 0 aliphatic carbocycles. The Morgan fingerprint density at radius 3 is 2.30 bits per heavy atom. The number of hydrogen-bond acceptors (Lipinski definition) is 4. The van der Waals surface area contributed by atoms with Crippen LogP contribution in [0.3, 0.4) is 0 Å². The number of rotatable bonds is 7. The Labute approximate surface area is 161 Å². The Kier molecular flexibility index (Phi) is 6.12. The zero-order chi connectivity index (χ0) is 19.1. The summed E-state index contributed by atoms with van der Waals surface area (Å²) in [6, 6.07) is 17.3. The number of furan rings is 1. The largest absolute Gasteiger partial charge is 0.467 e. The lowest BCUT2D eigenvalue weighted by atomic mass is 10.2. The molecule has 3 rings (SSSR count). The van der Waals surface area contributed by atoms with Crippen LogP contribution >= 0.6 is 11.6 Å². The fraction of sp³-hybridized carbons (Fsp3) is 0.100. The van der Waals surface area contributed by atoms with Crippen LogP contribution in [0.4, 0.5) is 11.4 Å². The summed E-state index contributed by atoms with van der Waals surface area (Å²) in [5, 5.41) is 9.16. The maximum absolute atomic E-state index is 12.1. The molecule has 0 aliphatic heterocycles. The Morgan fingerprint density at radius 2 is 1.63 bits per heavy atom. The zero-order valence-electron chi connectivity index (χ0n) is 14.4. The minimum atomic E-state index is -0.196. The van der Waals surface area contributed by atoms with Gasteiger partial charge in [0.25, 0.3) is 5.91 Å². The van der Waals surface area contributed by atoms with Crippen molar-refractivity contribution in [2.75, 3.05) is 17.2 Å². The van der Waals surface area contributed by atoms with E-state index in [2.05, 4.69) is 16.0 Å². The number of benzene rings is 2. The number of hydrogen-bond donors (Lipinski definition) is 3. The Hall–Kier alpha value is -3.25. The van der Waals surface area contributed by atoms with Gasteiger partial charge >= 0.3 is 0 Å². The zero-order valence-corrected chi connectivity index (χ0v) is 15.1. The van der Waals surface area contributed by atoms with Crippen LogP contribution in [-0.4, -0.2) is 18.4 Å². The molecule has 7 heteroatoms. The van der Waals surface area contributed by atoms with E-state index in [9.17, 15) is 9.59 Å². The van der Waals surface area contributed by atoms with Crippen molar-refractivity contribution < 1.29 is 14.0 Å². The Bertz CT molecular complexity index is 891. The van der Waals surface area contributed by atoms with Crippen LogP contribution in [0, 0.1) is 0 Å². The summed E-state index contributed by atoms with van der Waals surface area (Å²) >= 11 is 5.81. The fourth-order valence-corrected chi connectivity index (χ4v) is 2.47. The predicted octanol–water partition coefficient (Wildman–Crippen LogP) is 3.91. The van der Waals surface area contributed by atoms with Crippen LogP contribution in [0.5, 0.6) is 0 Å². The first-order chi connectivity index (χ1) is 13.1. The van der Waals surface area contributed by atoms with Crippen molar-refractivity contribution in [3.63, 3.8) is 0 Å². The number of amides is 2. The number of halogens is 1. The molecule has 0 radical (unpaired) electrons. The van der Waals surface area contributed by atoms with Crippen LogP contribution < -0.4 is 16.0 Å². The highest BCUT2D eigenvalue weighted by molar-refractivity contribution is 6.30. The molecular weight excluding hydrogens is 366 g/mol. The highest BCUT2D eigenvalue weighted by Gasteiger charge is 2.07. The normalized spacial score (nSPS) is 10.3. The summed E-state index contributed by atoms with van der Waals surface area (Å²) in [6.45, 7) is 0.434. The summed E-state index contributed by atoms with van der Waals surface area (Å²) < 4.78 is 5.17. The van der Waals surface area contributed by atoms with Gasteiger partial charge in [0.1, 0.15) is 5.76 Å². The van der Waals surface area contributed by atoms with Gasteiger partial charge in [0, 0.05) is 22.0 Å². The van der Waals surface area contributed by atoms with E-state index < -0.39 is 0 Å². The third kappa shape index (κ3) is 5.62. The van der Waals surface area contributed by atoms with Crippen molar-refractivity contribution in [1.29, 1.82) is 0 Å². The number of carbonyl (C=O) groups excluding carboxylic acids is 2. The van der Waals surface area contributed by atoms with Gasteiger partial charge in [-0.3, -0.25) is 9.59 Å². The smallest absolute Gasteiger partial charge is 0.251 e. The van der Waals surface area contributed by atoms with Crippen molar-refractivity contribution in [2.24, 2.45) is 0 Å². The molecule has 138 valence electrons. The van der Waals surface area contributed by atoms with Gasteiger partial charge in [-0.05, 0) is 60.7 Å². The highest BCUT2D eigenvalue weighted by atomic mass is 35.5. The predicted molar refractivity (Wildman–Crippen MR) is 105 cm³/mol. The molecule has 2 aromatic carbocycles. The fourth-order valence-electron chi connectivity index (χ4n) is 2.34. The van der Waals surface area contributed by atoms with Crippen LogP contribution in [0.1, 0.15) is 16.1 Å². The van der Waals surface area contributed by atoms with Gasteiger partial charge in [-0.15, -0.1) is 0 Å². The van der Waals surface area contributed by atoms with E-state index in [0.717, 1.165) is 5.69 Å². The maximum atomic E-state index is 12.1. The van der Waals surface area contributed by atoms with Crippen molar-refractivity contribution in [3.05, 3.63) is 83.3 Å². The topological polar surface area (TPSA) is 83.4 Å². The maximum Gasteiger partial charge on any atom is 0.251 e. The van der Waals surface area contributed by atoms with E-state index in [0.29, 0.717) is 28.6 Å². The van der Waals surface area contributed by atoms with Gasteiger partial charge in [0.2, 0.25) is 5.91 Å². The van der Waals surface area contributed by atoms with Crippen molar-refractivity contribution >= 4 is 34.8 Å². The van der Waals surface area contributed by atoms with E-state index in [1.165, 1.54) is 0 Å². The lowest BCUT2D eigenvalue weighted by molar-refractivity contribution is -0.114. The van der Waals surface area contributed by atoms with E-state index in [-0.39, 0.29) is 18.4 Å². The standard InChI is InChI=1S/C20H18ClN3O3/c21-15-5-9-17(10-6-15)24-19(25)13-22-16-7-3-14(4-8-16)20(26)23-12-18-2-1-11-27-18/h1-11,22H,12-13H2,(H,23,26)(H,24,25). The second-order valence-electron chi connectivity index (χ2n) is 5.75. The molecule has 27 heavy (non-hydrogen) atoms.